The molecule has 2 heterocycles. The van der Waals surface area contributed by atoms with Crippen LogP contribution in [-0.2, 0) is 6.42 Å². The van der Waals surface area contributed by atoms with Gasteiger partial charge in [-0.15, -0.1) is 11.3 Å². The molecule has 2 aromatic rings. The number of halogens is 1. The largest absolute Gasteiger partial charge is 0.388 e. The summed E-state index contributed by atoms with van der Waals surface area (Å²) in [5.41, 5.74) is 0.773. The Morgan fingerprint density at radius 2 is 2.20 bits per heavy atom. The van der Waals surface area contributed by atoms with Crippen molar-refractivity contribution >= 4 is 22.9 Å². The van der Waals surface area contributed by atoms with Crippen LogP contribution in [0.1, 0.15) is 16.5 Å². The molecule has 1 unspecified atom stereocenters. The molecule has 3 nitrogen and oxygen atoms in total. The molecule has 0 radical (unpaired) electrons. The molecule has 0 aliphatic heterocycles. The van der Waals surface area contributed by atoms with E-state index >= 15 is 0 Å². The van der Waals surface area contributed by atoms with Gasteiger partial charge in [0.2, 0.25) is 0 Å². The van der Waals surface area contributed by atoms with Crippen molar-refractivity contribution in [2.75, 3.05) is 0 Å². The topological polar surface area (TPSA) is 46.0 Å². The van der Waals surface area contributed by atoms with E-state index in [0.29, 0.717) is 6.42 Å². The van der Waals surface area contributed by atoms with Gasteiger partial charge >= 0.3 is 0 Å². The van der Waals surface area contributed by atoms with Gasteiger partial charge in [-0.2, -0.15) is 10.2 Å². The summed E-state index contributed by atoms with van der Waals surface area (Å²) in [6.45, 7) is 0. The van der Waals surface area contributed by atoms with E-state index < -0.39 is 6.10 Å². The van der Waals surface area contributed by atoms with Crippen LogP contribution in [0.25, 0.3) is 0 Å². The van der Waals surface area contributed by atoms with Crippen molar-refractivity contribution in [2.45, 2.75) is 12.5 Å². The fraction of sp³-hybridized carbons (Fsp3) is 0.200. The van der Waals surface area contributed by atoms with Crippen molar-refractivity contribution in [3.63, 3.8) is 0 Å². The minimum atomic E-state index is -0.546. The second kappa shape index (κ2) is 4.70. The zero-order chi connectivity index (χ0) is 10.7. The number of aliphatic hydroxyl groups excluding tert-OH is 1. The average Bonchev–Trinajstić information content (AvgIpc) is 2.65. The number of thiophene rings is 1. The minimum absolute atomic E-state index is 0.546. The first-order valence-corrected chi connectivity index (χ1v) is 5.64. The maximum Gasteiger partial charge on any atom is 0.0931 e. The third kappa shape index (κ3) is 2.75. The van der Waals surface area contributed by atoms with Crippen molar-refractivity contribution in [3.05, 3.63) is 45.4 Å². The maximum atomic E-state index is 9.88. The quantitative estimate of drug-likeness (QED) is 0.897. The van der Waals surface area contributed by atoms with Crippen molar-refractivity contribution in [3.8, 4) is 0 Å². The molecule has 1 atom stereocenters. The van der Waals surface area contributed by atoms with E-state index in [9.17, 15) is 5.11 Å². The monoisotopic (exact) mass is 240 g/mol. The lowest BCUT2D eigenvalue weighted by Crippen LogP contribution is -2.01. The van der Waals surface area contributed by atoms with Gasteiger partial charge in [0, 0.05) is 23.1 Å². The molecule has 2 aromatic heterocycles. The Kier molecular flexibility index (Phi) is 3.30. The lowest BCUT2D eigenvalue weighted by Gasteiger charge is -2.07. The van der Waals surface area contributed by atoms with E-state index in [-0.39, 0.29) is 0 Å². The highest BCUT2D eigenvalue weighted by atomic mass is 35.5. The lowest BCUT2D eigenvalue weighted by atomic mass is 10.1. The van der Waals surface area contributed by atoms with E-state index in [1.807, 2.05) is 12.1 Å². The molecule has 0 fully saturated rings. The summed E-state index contributed by atoms with van der Waals surface area (Å²) < 4.78 is 0.741. The molecule has 0 amide bonds. The molecular weight excluding hydrogens is 232 g/mol. The molecule has 0 saturated heterocycles. The molecule has 2 rings (SSSR count). The van der Waals surface area contributed by atoms with Crippen LogP contribution in [0.3, 0.4) is 0 Å². The Hall–Kier alpha value is -0.970. The maximum absolute atomic E-state index is 9.88. The fourth-order valence-corrected chi connectivity index (χ4v) is 2.39. The number of rotatable bonds is 3. The summed E-state index contributed by atoms with van der Waals surface area (Å²) in [6, 6.07) is 5.51. The molecule has 0 saturated carbocycles. The number of hydrogen-bond acceptors (Lipinski definition) is 4. The molecule has 0 spiro atoms. The van der Waals surface area contributed by atoms with Crippen LogP contribution in [0.2, 0.25) is 4.34 Å². The Morgan fingerprint density at radius 1 is 1.33 bits per heavy atom. The summed E-state index contributed by atoms with van der Waals surface area (Å²) in [4.78, 5) is 1.06. The average molecular weight is 241 g/mol. The smallest absolute Gasteiger partial charge is 0.0931 e. The predicted octanol–water partition coefficient (Wildman–Crippen LogP) is 2.47. The van der Waals surface area contributed by atoms with Crippen molar-refractivity contribution in [2.24, 2.45) is 0 Å². The van der Waals surface area contributed by atoms with Gasteiger partial charge in [-0.1, -0.05) is 11.6 Å². The van der Waals surface area contributed by atoms with Crippen LogP contribution in [0.15, 0.2) is 30.6 Å². The molecule has 0 aliphatic rings. The molecule has 15 heavy (non-hydrogen) atoms. The van der Waals surface area contributed by atoms with Crippen LogP contribution in [0, 0.1) is 0 Å². The zero-order valence-electron chi connectivity index (χ0n) is 7.80. The van der Waals surface area contributed by atoms with Crippen LogP contribution >= 0.6 is 22.9 Å². The third-order valence-electron chi connectivity index (χ3n) is 2.02. The normalized spacial score (nSPS) is 12.7. The van der Waals surface area contributed by atoms with Gasteiger partial charge in [0.15, 0.2) is 0 Å². The molecular formula is C10H9ClN2OS. The van der Waals surface area contributed by atoms with Gasteiger partial charge < -0.3 is 5.11 Å². The van der Waals surface area contributed by atoms with E-state index in [1.54, 1.807) is 18.5 Å². The SMILES string of the molecule is OC(Cc1ccc(Cl)s1)c1ccnnc1. The second-order valence-corrected chi connectivity index (χ2v) is 4.90. The fourth-order valence-electron chi connectivity index (χ4n) is 1.27. The first kappa shape index (κ1) is 10.5. The Morgan fingerprint density at radius 3 is 2.80 bits per heavy atom. The molecule has 0 aliphatic carbocycles. The molecule has 5 heteroatoms. The molecule has 0 bridgehead atoms. The van der Waals surface area contributed by atoms with Gasteiger partial charge in [0.1, 0.15) is 0 Å². The highest BCUT2D eigenvalue weighted by molar-refractivity contribution is 7.16. The highest BCUT2D eigenvalue weighted by Crippen LogP contribution is 2.26. The minimum Gasteiger partial charge on any atom is -0.388 e. The summed E-state index contributed by atoms with van der Waals surface area (Å²) >= 11 is 7.28. The molecule has 1 N–H and O–H groups in total. The van der Waals surface area contributed by atoms with Crippen molar-refractivity contribution < 1.29 is 5.11 Å². The number of hydrogen-bond donors (Lipinski definition) is 1. The van der Waals surface area contributed by atoms with Gasteiger partial charge in [0.05, 0.1) is 16.6 Å². The van der Waals surface area contributed by atoms with E-state index in [0.717, 1.165) is 14.8 Å². The van der Waals surface area contributed by atoms with Crippen LogP contribution in [0.4, 0.5) is 0 Å². The first-order valence-electron chi connectivity index (χ1n) is 4.44. The third-order valence-corrected chi connectivity index (χ3v) is 3.27. The summed E-state index contributed by atoms with van der Waals surface area (Å²) in [7, 11) is 0. The first-order chi connectivity index (χ1) is 7.25. The van der Waals surface area contributed by atoms with Gasteiger partial charge in [-0.25, -0.2) is 0 Å². The highest BCUT2D eigenvalue weighted by Gasteiger charge is 2.10. The van der Waals surface area contributed by atoms with E-state index in [1.165, 1.54) is 11.3 Å². The van der Waals surface area contributed by atoms with Crippen LogP contribution in [-0.4, -0.2) is 15.3 Å². The van der Waals surface area contributed by atoms with Gasteiger partial charge in [-0.3, -0.25) is 0 Å². The second-order valence-electron chi connectivity index (χ2n) is 3.10. The predicted molar refractivity (Wildman–Crippen MR) is 60.0 cm³/mol. The number of aromatic nitrogens is 2. The van der Waals surface area contributed by atoms with E-state index in [4.69, 9.17) is 11.6 Å². The zero-order valence-corrected chi connectivity index (χ0v) is 9.37. The van der Waals surface area contributed by atoms with Crippen molar-refractivity contribution in [1.29, 1.82) is 0 Å². The summed E-state index contributed by atoms with van der Waals surface area (Å²) in [5.74, 6) is 0. The van der Waals surface area contributed by atoms with Gasteiger partial charge in [0.25, 0.3) is 0 Å². The standard InChI is InChI=1S/C10H9ClN2OS/c11-10-2-1-8(15-10)5-9(14)7-3-4-12-13-6-7/h1-4,6,9,14H,5H2. The van der Waals surface area contributed by atoms with Crippen molar-refractivity contribution in [1.82, 2.24) is 10.2 Å². The number of aliphatic hydroxyl groups is 1. The molecule has 78 valence electrons. The Bertz CT molecular complexity index is 432. The van der Waals surface area contributed by atoms with E-state index in [2.05, 4.69) is 10.2 Å². The molecule has 0 aromatic carbocycles. The van der Waals surface area contributed by atoms with Crippen LogP contribution < -0.4 is 0 Å². The summed E-state index contributed by atoms with van der Waals surface area (Å²) in [5, 5.41) is 17.3. The Balaban J connectivity index is 2.07. The summed E-state index contributed by atoms with van der Waals surface area (Å²) in [6.07, 6.45) is 3.15. The van der Waals surface area contributed by atoms with Gasteiger partial charge in [-0.05, 0) is 18.2 Å². The Labute approximate surface area is 96.4 Å². The number of nitrogens with zero attached hydrogens (tertiary/aromatic N) is 2. The lowest BCUT2D eigenvalue weighted by molar-refractivity contribution is 0.179. The van der Waals surface area contributed by atoms with Crippen LogP contribution in [0.5, 0.6) is 0 Å².